The van der Waals surface area contributed by atoms with E-state index in [4.69, 9.17) is 0 Å². The second-order valence-electron chi connectivity index (χ2n) is 8.32. The van der Waals surface area contributed by atoms with Crippen LogP contribution in [0.2, 0.25) is 0 Å². The Morgan fingerprint density at radius 3 is 2.30 bits per heavy atom. The molecule has 1 N–H and O–H groups in total. The molecular formula is C22H30N2O3. The van der Waals surface area contributed by atoms with Gasteiger partial charge in [0, 0.05) is 32.2 Å². The molecule has 1 unspecified atom stereocenters. The van der Waals surface area contributed by atoms with Crippen molar-refractivity contribution in [1.29, 1.82) is 0 Å². The van der Waals surface area contributed by atoms with Gasteiger partial charge in [0.1, 0.15) is 0 Å². The third kappa shape index (κ3) is 3.73. The highest BCUT2D eigenvalue weighted by molar-refractivity contribution is 6.09. The highest BCUT2D eigenvalue weighted by Gasteiger charge is 2.46. The number of amides is 1. The predicted octanol–water partition coefficient (Wildman–Crippen LogP) is 4.01. The Morgan fingerprint density at radius 1 is 1.19 bits per heavy atom. The van der Waals surface area contributed by atoms with Crippen molar-refractivity contribution >= 4 is 17.4 Å². The molecule has 1 aliphatic heterocycles. The Morgan fingerprint density at radius 2 is 1.78 bits per heavy atom. The van der Waals surface area contributed by atoms with Crippen molar-refractivity contribution in [3.8, 4) is 0 Å². The van der Waals surface area contributed by atoms with Crippen molar-refractivity contribution in [2.24, 2.45) is 5.92 Å². The van der Waals surface area contributed by atoms with E-state index in [0.29, 0.717) is 6.42 Å². The highest BCUT2D eigenvalue weighted by atomic mass is 16.3. The minimum absolute atomic E-state index is 0.0857. The van der Waals surface area contributed by atoms with E-state index in [2.05, 4.69) is 0 Å². The molecule has 1 aromatic carbocycles. The number of ketones is 1. The normalized spacial score (nSPS) is 20.9. The van der Waals surface area contributed by atoms with Crippen LogP contribution in [0.25, 0.3) is 0 Å². The van der Waals surface area contributed by atoms with E-state index in [1.165, 1.54) is 0 Å². The SMILES string of the molecule is CC(C)CC(=O)C1=C(O)C(=O)N(C2CCCC2)C1c1ccc(N(C)C)cc1. The molecule has 1 heterocycles. The number of hydrogen-bond donors (Lipinski definition) is 1. The lowest BCUT2D eigenvalue weighted by Crippen LogP contribution is -2.38. The number of hydrogen-bond acceptors (Lipinski definition) is 4. The molecule has 5 heteroatoms. The van der Waals surface area contributed by atoms with Crippen LogP contribution >= 0.6 is 0 Å². The van der Waals surface area contributed by atoms with Crippen LogP contribution in [0.5, 0.6) is 0 Å². The van der Waals surface area contributed by atoms with Crippen LogP contribution in [0.4, 0.5) is 5.69 Å². The van der Waals surface area contributed by atoms with Crippen LogP contribution in [0.1, 0.15) is 57.6 Å². The third-order valence-corrected chi connectivity index (χ3v) is 5.58. The maximum atomic E-state index is 12.9. The van der Waals surface area contributed by atoms with Gasteiger partial charge in [-0.05, 0) is 36.5 Å². The predicted molar refractivity (Wildman–Crippen MR) is 107 cm³/mol. The Balaban J connectivity index is 2.03. The van der Waals surface area contributed by atoms with Crippen LogP contribution in [0, 0.1) is 5.92 Å². The number of Topliss-reactive ketones (excluding diaryl/α,β-unsaturated/α-hetero) is 1. The molecule has 1 aliphatic carbocycles. The summed E-state index contributed by atoms with van der Waals surface area (Å²) in [5.41, 5.74) is 2.22. The van der Waals surface area contributed by atoms with Crippen LogP contribution in [0.15, 0.2) is 35.6 Å². The quantitative estimate of drug-likeness (QED) is 0.822. The Bertz CT molecular complexity index is 743. The monoisotopic (exact) mass is 370 g/mol. The molecule has 146 valence electrons. The fourth-order valence-corrected chi connectivity index (χ4v) is 4.23. The average Bonchev–Trinajstić information content (AvgIpc) is 3.22. The fourth-order valence-electron chi connectivity index (χ4n) is 4.23. The summed E-state index contributed by atoms with van der Waals surface area (Å²) in [5.74, 6) is -0.701. The standard InChI is InChI=1S/C22H30N2O3/c1-14(2)13-18(25)19-20(15-9-11-16(12-10-15)23(3)4)24(22(27)21(19)26)17-7-5-6-8-17/h9-12,14,17,20,26H,5-8,13H2,1-4H3. The summed E-state index contributed by atoms with van der Waals surface area (Å²) in [6.07, 6.45) is 4.35. The smallest absolute Gasteiger partial charge is 0.290 e. The van der Waals surface area contributed by atoms with Crippen LogP contribution < -0.4 is 4.90 Å². The molecule has 1 atom stereocenters. The van der Waals surface area contributed by atoms with Gasteiger partial charge in [-0.1, -0.05) is 38.8 Å². The molecule has 1 fully saturated rings. The van der Waals surface area contributed by atoms with Crippen molar-refractivity contribution in [2.75, 3.05) is 19.0 Å². The number of nitrogens with zero attached hydrogens (tertiary/aromatic N) is 2. The Labute approximate surface area is 161 Å². The summed E-state index contributed by atoms with van der Waals surface area (Å²) in [7, 11) is 3.95. The minimum Gasteiger partial charge on any atom is -0.503 e. The van der Waals surface area contributed by atoms with Crippen LogP contribution in [0.3, 0.4) is 0 Å². The summed E-state index contributed by atoms with van der Waals surface area (Å²) in [4.78, 5) is 29.6. The van der Waals surface area contributed by atoms with Gasteiger partial charge in [-0.15, -0.1) is 0 Å². The zero-order valence-corrected chi connectivity index (χ0v) is 16.7. The molecule has 0 aromatic heterocycles. The lowest BCUT2D eigenvalue weighted by Gasteiger charge is -2.32. The number of benzene rings is 1. The lowest BCUT2D eigenvalue weighted by atomic mass is 9.91. The Kier molecular flexibility index (Phi) is 5.59. The number of anilines is 1. The van der Waals surface area contributed by atoms with Gasteiger partial charge < -0.3 is 14.9 Å². The summed E-state index contributed by atoms with van der Waals surface area (Å²) in [6.45, 7) is 3.95. The molecule has 0 radical (unpaired) electrons. The first-order chi connectivity index (χ1) is 12.8. The van der Waals surface area contributed by atoms with Crippen molar-refractivity contribution in [2.45, 2.75) is 58.0 Å². The van der Waals surface area contributed by atoms with Gasteiger partial charge in [-0.25, -0.2) is 0 Å². The molecule has 0 spiro atoms. The molecule has 3 rings (SSSR count). The van der Waals surface area contributed by atoms with Gasteiger partial charge in [-0.2, -0.15) is 0 Å². The van der Waals surface area contributed by atoms with Gasteiger partial charge in [-0.3, -0.25) is 9.59 Å². The lowest BCUT2D eigenvalue weighted by molar-refractivity contribution is -0.131. The van der Waals surface area contributed by atoms with E-state index in [9.17, 15) is 14.7 Å². The first kappa shape index (κ1) is 19.5. The first-order valence-electron chi connectivity index (χ1n) is 9.87. The topological polar surface area (TPSA) is 60.9 Å². The van der Waals surface area contributed by atoms with Crippen LogP contribution in [-0.2, 0) is 9.59 Å². The second-order valence-corrected chi connectivity index (χ2v) is 8.32. The molecule has 1 aromatic rings. The molecule has 0 saturated heterocycles. The van der Waals surface area contributed by atoms with E-state index in [0.717, 1.165) is 36.9 Å². The maximum absolute atomic E-state index is 12.9. The highest BCUT2D eigenvalue weighted by Crippen LogP contribution is 2.43. The summed E-state index contributed by atoms with van der Waals surface area (Å²) in [6, 6.07) is 7.53. The van der Waals surface area contributed by atoms with Crippen molar-refractivity contribution in [1.82, 2.24) is 4.90 Å². The van der Waals surface area contributed by atoms with Gasteiger partial charge in [0.2, 0.25) is 0 Å². The fraction of sp³-hybridized carbons (Fsp3) is 0.545. The van der Waals surface area contributed by atoms with Crippen LogP contribution in [-0.4, -0.2) is 41.8 Å². The van der Waals surface area contributed by atoms with Gasteiger partial charge in [0.05, 0.1) is 11.6 Å². The summed E-state index contributed by atoms with van der Waals surface area (Å²) in [5, 5.41) is 10.6. The zero-order chi connectivity index (χ0) is 19.7. The van der Waals surface area contributed by atoms with Gasteiger partial charge in [0.25, 0.3) is 5.91 Å². The minimum atomic E-state index is -0.483. The molecular weight excluding hydrogens is 340 g/mol. The molecule has 0 bridgehead atoms. The number of carbonyl (C=O) groups is 2. The maximum Gasteiger partial charge on any atom is 0.290 e. The van der Waals surface area contributed by atoms with E-state index >= 15 is 0 Å². The van der Waals surface area contributed by atoms with Crippen molar-refractivity contribution in [3.05, 3.63) is 41.2 Å². The largest absolute Gasteiger partial charge is 0.503 e. The van der Waals surface area contributed by atoms with Crippen molar-refractivity contribution < 1.29 is 14.7 Å². The van der Waals surface area contributed by atoms with Gasteiger partial charge in [0.15, 0.2) is 11.5 Å². The van der Waals surface area contributed by atoms with Crippen molar-refractivity contribution in [3.63, 3.8) is 0 Å². The first-order valence-corrected chi connectivity index (χ1v) is 9.87. The number of aliphatic hydroxyl groups excluding tert-OH is 1. The molecule has 27 heavy (non-hydrogen) atoms. The number of aliphatic hydroxyl groups is 1. The summed E-state index contributed by atoms with van der Waals surface area (Å²) >= 11 is 0. The number of carbonyl (C=O) groups excluding carboxylic acids is 2. The molecule has 1 amide bonds. The van der Waals surface area contributed by atoms with E-state index in [1.54, 1.807) is 4.90 Å². The van der Waals surface area contributed by atoms with E-state index < -0.39 is 11.9 Å². The number of rotatable bonds is 6. The third-order valence-electron chi connectivity index (χ3n) is 5.58. The van der Waals surface area contributed by atoms with E-state index in [1.807, 2.05) is 57.1 Å². The van der Waals surface area contributed by atoms with Gasteiger partial charge >= 0.3 is 0 Å². The van der Waals surface area contributed by atoms with E-state index in [-0.39, 0.29) is 29.1 Å². The zero-order valence-electron chi connectivity index (χ0n) is 16.7. The molecule has 2 aliphatic rings. The molecule has 1 saturated carbocycles. The summed E-state index contributed by atoms with van der Waals surface area (Å²) < 4.78 is 0. The molecule has 5 nitrogen and oxygen atoms in total. The average molecular weight is 370 g/mol. The second kappa shape index (κ2) is 7.75. The Hall–Kier alpha value is -2.30.